The molecule has 1 atom stereocenters. The highest BCUT2D eigenvalue weighted by Gasteiger charge is 2.33. The summed E-state index contributed by atoms with van der Waals surface area (Å²) in [7, 11) is 0. The van der Waals surface area contributed by atoms with Crippen molar-refractivity contribution >= 4 is 5.82 Å². The molecule has 1 aliphatic rings. The second-order valence-electron chi connectivity index (χ2n) is 7.74. The van der Waals surface area contributed by atoms with Gasteiger partial charge in [0.1, 0.15) is 29.8 Å². The van der Waals surface area contributed by atoms with Crippen molar-refractivity contribution in [1.29, 1.82) is 5.26 Å². The number of aromatic nitrogens is 1. The molecule has 0 amide bonds. The summed E-state index contributed by atoms with van der Waals surface area (Å²) in [6.07, 6.45) is 1.71. The Morgan fingerprint density at radius 3 is 2.82 bits per heavy atom. The average molecular weight is 381 g/mol. The molecule has 1 fully saturated rings. The normalized spacial score (nSPS) is 18.5. The third-order valence-electron chi connectivity index (χ3n) is 5.21. The predicted octanol–water partition coefficient (Wildman–Crippen LogP) is 3.55. The van der Waals surface area contributed by atoms with Crippen LogP contribution in [0.3, 0.4) is 0 Å². The van der Waals surface area contributed by atoms with Gasteiger partial charge in [-0.25, -0.2) is 4.98 Å². The molecular formula is C22H27N3O3. The fourth-order valence-electron chi connectivity index (χ4n) is 3.98. The first-order chi connectivity index (χ1) is 13.4. The van der Waals surface area contributed by atoms with Crippen molar-refractivity contribution in [1.82, 2.24) is 4.98 Å². The molecule has 1 aromatic heterocycles. The summed E-state index contributed by atoms with van der Waals surface area (Å²) in [6.45, 7) is 6.92. The lowest BCUT2D eigenvalue weighted by Crippen LogP contribution is -2.33. The summed E-state index contributed by atoms with van der Waals surface area (Å²) in [5, 5.41) is 18.9. The van der Waals surface area contributed by atoms with Crippen LogP contribution in [0.15, 0.2) is 24.3 Å². The highest BCUT2D eigenvalue weighted by molar-refractivity contribution is 5.82. The van der Waals surface area contributed by atoms with E-state index in [1.807, 2.05) is 31.2 Å². The summed E-state index contributed by atoms with van der Waals surface area (Å²) in [4.78, 5) is 4.63. The van der Waals surface area contributed by atoms with Crippen molar-refractivity contribution in [2.24, 2.45) is 0 Å². The van der Waals surface area contributed by atoms with Gasteiger partial charge in [-0.1, -0.05) is 18.2 Å². The van der Waals surface area contributed by atoms with Crippen molar-refractivity contribution in [2.75, 3.05) is 25.6 Å². The Hall–Kier alpha value is -2.62. The smallest absolute Gasteiger partial charge is 0.142 e. The van der Waals surface area contributed by atoms with E-state index in [1.165, 1.54) is 0 Å². The number of nitrogen functional groups attached to an aromatic ring is 1. The molecule has 28 heavy (non-hydrogen) atoms. The number of nitriles is 1. The first-order valence-corrected chi connectivity index (χ1v) is 9.55. The molecule has 1 saturated heterocycles. The third-order valence-corrected chi connectivity index (χ3v) is 5.21. The fourth-order valence-corrected chi connectivity index (χ4v) is 3.98. The molecule has 148 valence electrons. The van der Waals surface area contributed by atoms with Gasteiger partial charge in [-0.2, -0.15) is 5.26 Å². The summed E-state index contributed by atoms with van der Waals surface area (Å²) >= 11 is 0. The molecule has 0 spiro atoms. The van der Waals surface area contributed by atoms with Gasteiger partial charge in [0.15, 0.2) is 0 Å². The number of para-hydroxylation sites is 1. The predicted molar refractivity (Wildman–Crippen MR) is 108 cm³/mol. The molecular weight excluding hydrogens is 354 g/mol. The Labute approximate surface area is 165 Å². The number of benzene rings is 1. The number of pyridine rings is 1. The molecule has 0 radical (unpaired) electrons. The van der Waals surface area contributed by atoms with E-state index in [2.05, 4.69) is 24.9 Å². The Kier molecular flexibility index (Phi) is 5.87. The van der Waals surface area contributed by atoms with Crippen LogP contribution in [0.5, 0.6) is 5.75 Å². The standard InChI is InChI=1S/C22H27N3O3/c1-14-19(16-6-4-5-7-18(16)27-11-9-26)17(13-23)21(24)25-20(14)15-8-10-28-22(2,3)12-15/h4-7,15,26H,8-12H2,1-3H3,(H2,24,25)/t15-/m1/s1. The summed E-state index contributed by atoms with van der Waals surface area (Å²) in [5.41, 5.74) is 9.74. The van der Waals surface area contributed by atoms with Crippen molar-refractivity contribution in [3.8, 4) is 22.9 Å². The topological polar surface area (TPSA) is 101 Å². The van der Waals surface area contributed by atoms with Crippen molar-refractivity contribution in [2.45, 2.75) is 45.1 Å². The van der Waals surface area contributed by atoms with Crippen LogP contribution < -0.4 is 10.5 Å². The number of hydrogen-bond donors (Lipinski definition) is 2. The minimum atomic E-state index is -0.220. The number of aliphatic hydroxyl groups is 1. The van der Waals surface area contributed by atoms with E-state index < -0.39 is 0 Å². The first-order valence-electron chi connectivity index (χ1n) is 9.55. The fraction of sp³-hybridized carbons (Fsp3) is 0.455. The number of aliphatic hydroxyl groups excluding tert-OH is 1. The van der Waals surface area contributed by atoms with E-state index in [4.69, 9.17) is 20.3 Å². The van der Waals surface area contributed by atoms with E-state index >= 15 is 0 Å². The number of anilines is 1. The largest absolute Gasteiger partial charge is 0.491 e. The Morgan fingerprint density at radius 1 is 1.39 bits per heavy atom. The first kappa shape index (κ1) is 20.1. The van der Waals surface area contributed by atoms with Crippen molar-refractivity contribution in [3.05, 3.63) is 41.1 Å². The minimum absolute atomic E-state index is 0.0840. The number of nitrogens with two attached hydrogens (primary N) is 1. The summed E-state index contributed by atoms with van der Waals surface area (Å²) in [6, 6.07) is 9.72. The Bertz CT molecular complexity index is 903. The number of nitrogens with zero attached hydrogens (tertiary/aromatic N) is 2. The molecule has 2 aromatic rings. The molecule has 0 bridgehead atoms. The van der Waals surface area contributed by atoms with Crippen LogP contribution in [0.25, 0.3) is 11.1 Å². The van der Waals surface area contributed by atoms with E-state index in [0.29, 0.717) is 17.9 Å². The van der Waals surface area contributed by atoms with Gasteiger partial charge in [0.25, 0.3) is 0 Å². The lowest BCUT2D eigenvalue weighted by atomic mass is 9.82. The maximum absolute atomic E-state index is 9.77. The van der Waals surface area contributed by atoms with Crippen molar-refractivity contribution < 1.29 is 14.6 Å². The molecule has 0 saturated carbocycles. The van der Waals surface area contributed by atoms with Gasteiger partial charge in [-0.05, 0) is 45.2 Å². The Balaban J connectivity index is 2.17. The van der Waals surface area contributed by atoms with Gasteiger partial charge in [0.2, 0.25) is 0 Å². The molecule has 1 aliphatic heterocycles. The van der Waals surface area contributed by atoms with Crippen LogP contribution in [0, 0.1) is 18.3 Å². The minimum Gasteiger partial charge on any atom is -0.491 e. The molecule has 0 unspecified atom stereocenters. The zero-order valence-electron chi connectivity index (χ0n) is 16.7. The van der Waals surface area contributed by atoms with Gasteiger partial charge >= 0.3 is 0 Å². The summed E-state index contributed by atoms with van der Waals surface area (Å²) in [5.74, 6) is 1.06. The van der Waals surface area contributed by atoms with E-state index in [-0.39, 0.29) is 30.6 Å². The van der Waals surface area contributed by atoms with E-state index in [9.17, 15) is 5.26 Å². The van der Waals surface area contributed by atoms with Crippen LogP contribution >= 0.6 is 0 Å². The molecule has 6 nitrogen and oxygen atoms in total. The summed E-state index contributed by atoms with van der Waals surface area (Å²) < 4.78 is 11.6. The van der Waals surface area contributed by atoms with Crippen LogP contribution in [0.2, 0.25) is 0 Å². The molecule has 6 heteroatoms. The second-order valence-corrected chi connectivity index (χ2v) is 7.74. The van der Waals surface area contributed by atoms with Crippen LogP contribution in [0.1, 0.15) is 49.4 Å². The van der Waals surface area contributed by atoms with Crippen LogP contribution in [-0.4, -0.2) is 35.5 Å². The zero-order valence-corrected chi connectivity index (χ0v) is 16.7. The van der Waals surface area contributed by atoms with Crippen LogP contribution in [-0.2, 0) is 4.74 Å². The molecule has 3 rings (SSSR count). The number of ether oxygens (including phenoxy) is 2. The number of rotatable bonds is 5. The second kappa shape index (κ2) is 8.17. The van der Waals surface area contributed by atoms with E-state index in [1.54, 1.807) is 0 Å². The maximum atomic E-state index is 9.77. The molecule has 2 heterocycles. The zero-order chi connectivity index (χ0) is 20.3. The monoisotopic (exact) mass is 381 g/mol. The maximum Gasteiger partial charge on any atom is 0.142 e. The van der Waals surface area contributed by atoms with Gasteiger partial charge in [-0.3, -0.25) is 0 Å². The molecule has 1 aromatic carbocycles. The lowest BCUT2D eigenvalue weighted by Gasteiger charge is -2.36. The highest BCUT2D eigenvalue weighted by atomic mass is 16.5. The van der Waals surface area contributed by atoms with Crippen molar-refractivity contribution in [3.63, 3.8) is 0 Å². The third kappa shape index (κ3) is 3.96. The Morgan fingerprint density at radius 2 is 2.14 bits per heavy atom. The molecule has 3 N–H and O–H groups in total. The number of hydrogen-bond acceptors (Lipinski definition) is 6. The van der Waals surface area contributed by atoms with Crippen LogP contribution in [0.4, 0.5) is 5.82 Å². The lowest BCUT2D eigenvalue weighted by molar-refractivity contribution is -0.0598. The van der Waals surface area contributed by atoms with Gasteiger partial charge < -0.3 is 20.3 Å². The average Bonchev–Trinajstić information content (AvgIpc) is 2.67. The SMILES string of the molecule is Cc1c([C@@H]2CCOC(C)(C)C2)nc(N)c(C#N)c1-c1ccccc1OCCO. The van der Waals surface area contributed by atoms with Gasteiger partial charge in [-0.15, -0.1) is 0 Å². The van der Waals surface area contributed by atoms with E-state index in [0.717, 1.165) is 35.2 Å². The van der Waals surface area contributed by atoms with Gasteiger partial charge in [0, 0.05) is 29.3 Å². The van der Waals surface area contributed by atoms with Gasteiger partial charge in [0.05, 0.1) is 12.2 Å². The molecule has 0 aliphatic carbocycles. The quantitative estimate of drug-likeness (QED) is 0.821. The highest BCUT2D eigenvalue weighted by Crippen LogP contribution is 2.42.